The molecule has 1 heterocycles. The third kappa shape index (κ3) is 2.02. The van der Waals surface area contributed by atoms with E-state index >= 15 is 0 Å². The highest BCUT2D eigenvalue weighted by atomic mass is 16.6. The van der Waals surface area contributed by atoms with Gasteiger partial charge in [-0.2, -0.15) is 0 Å². The summed E-state index contributed by atoms with van der Waals surface area (Å²) in [6.45, 7) is 20.9. The number of ether oxygens (including phenoxy) is 2. The molecule has 1 aliphatic heterocycles. The number of rotatable bonds is 3. The molecule has 1 aliphatic rings. The molecule has 4 radical (unpaired) electrons. The summed E-state index contributed by atoms with van der Waals surface area (Å²) in [7, 11) is 1.67. The summed E-state index contributed by atoms with van der Waals surface area (Å²) >= 11 is 0. The van der Waals surface area contributed by atoms with E-state index in [1.54, 1.807) is 7.11 Å². The van der Waals surface area contributed by atoms with Crippen molar-refractivity contribution < 1.29 is 9.47 Å². The van der Waals surface area contributed by atoms with Gasteiger partial charge in [-0.15, -0.1) is 0 Å². The van der Waals surface area contributed by atoms with Crippen molar-refractivity contribution in [2.24, 2.45) is 11.3 Å². The first-order chi connectivity index (χ1) is 7.33. The minimum absolute atomic E-state index is 0.0150. The molecule has 1 saturated heterocycles. The molecule has 5 unspecified atom stereocenters. The second-order valence-corrected chi connectivity index (χ2v) is 5.13. The first-order valence-electron chi connectivity index (χ1n) is 6.11. The van der Waals surface area contributed by atoms with Gasteiger partial charge in [-0.05, 0) is 25.7 Å². The van der Waals surface area contributed by atoms with Gasteiger partial charge in [-0.25, -0.2) is 0 Å². The van der Waals surface area contributed by atoms with E-state index in [1.807, 2.05) is 13.8 Å². The van der Waals surface area contributed by atoms with E-state index in [0.29, 0.717) is 0 Å². The number of hydrogen-bond acceptors (Lipinski definition) is 2. The van der Waals surface area contributed by atoms with Crippen LogP contribution in [0.4, 0.5) is 0 Å². The fraction of sp³-hybridized carbons (Fsp3) is 0.857. The number of methoxy groups -OCH3 is 1. The van der Waals surface area contributed by atoms with Crippen LogP contribution in [-0.4, -0.2) is 24.9 Å². The van der Waals surface area contributed by atoms with Gasteiger partial charge in [0.15, 0.2) is 0 Å². The Bertz CT molecular complexity index is 237. The Labute approximate surface area is 101 Å². The summed E-state index contributed by atoms with van der Waals surface area (Å²) < 4.78 is 11.5. The Morgan fingerprint density at radius 3 is 2.25 bits per heavy atom. The minimum Gasteiger partial charge on any atom is -0.378 e. The zero-order chi connectivity index (χ0) is 12.6. The smallest absolute Gasteiger partial charge is 0.0982 e. The van der Waals surface area contributed by atoms with Gasteiger partial charge in [0.05, 0.1) is 17.8 Å². The largest absolute Gasteiger partial charge is 0.378 e. The molecule has 2 nitrogen and oxygen atoms in total. The molecule has 0 spiro atoms. The predicted octanol–water partition coefficient (Wildman–Crippen LogP) is 3.02. The van der Waals surface area contributed by atoms with Gasteiger partial charge in [-0.1, -0.05) is 27.7 Å². The Hall–Kier alpha value is -0.0800. The molecule has 0 bridgehead atoms. The lowest BCUT2D eigenvalue weighted by molar-refractivity contribution is -0.240. The molecule has 0 saturated carbocycles. The Morgan fingerprint density at radius 1 is 1.31 bits per heavy atom. The van der Waals surface area contributed by atoms with Crippen LogP contribution in [-0.2, 0) is 9.47 Å². The molecule has 0 aromatic rings. The van der Waals surface area contributed by atoms with Crippen LogP contribution in [0, 0.1) is 25.2 Å². The minimum atomic E-state index is -0.715. The second-order valence-electron chi connectivity index (χ2n) is 5.13. The van der Waals surface area contributed by atoms with Crippen molar-refractivity contribution >= 4 is 0 Å². The van der Waals surface area contributed by atoms with Crippen molar-refractivity contribution in [3.8, 4) is 0 Å². The molecular weight excluding hydrogens is 200 g/mol. The SMILES string of the molecule is [CH]C1(CC)OC(CC)C([CH])(C)C(C)C1OC. The Morgan fingerprint density at radius 2 is 1.88 bits per heavy atom. The highest BCUT2D eigenvalue weighted by molar-refractivity contribution is 5.07. The lowest BCUT2D eigenvalue weighted by Gasteiger charge is -2.55. The van der Waals surface area contributed by atoms with Gasteiger partial charge in [0.2, 0.25) is 0 Å². The van der Waals surface area contributed by atoms with Crippen LogP contribution in [0.2, 0.25) is 0 Å². The molecular formula is C14H24O2. The normalized spacial score (nSPS) is 43.3. The maximum atomic E-state index is 6.36. The lowest BCUT2D eigenvalue weighted by atomic mass is 9.65. The van der Waals surface area contributed by atoms with Gasteiger partial charge in [0.25, 0.3) is 0 Å². The highest BCUT2D eigenvalue weighted by Crippen LogP contribution is 2.47. The molecule has 92 valence electrons. The summed E-state index contributed by atoms with van der Waals surface area (Å²) in [6, 6.07) is 0. The van der Waals surface area contributed by atoms with Crippen LogP contribution in [0.3, 0.4) is 0 Å². The van der Waals surface area contributed by atoms with Gasteiger partial charge >= 0.3 is 0 Å². The highest BCUT2D eigenvalue weighted by Gasteiger charge is 2.53. The van der Waals surface area contributed by atoms with Crippen molar-refractivity contribution in [1.29, 1.82) is 0 Å². The summed E-state index contributed by atoms with van der Waals surface area (Å²) in [6.07, 6.45) is 1.42. The standard InChI is InChI=1S/C14H24O2/c1-8-11-13(4,5)10(3)12(15-7)14(6,9-2)16-11/h4,6,10-12H,8-9H2,1-3,5,7H3. The van der Waals surface area contributed by atoms with Crippen molar-refractivity contribution in [2.45, 2.75) is 58.3 Å². The zero-order valence-corrected chi connectivity index (χ0v) is 11.1. The Kier molecular flexibility index (Phi) is 4.07. The first-order valence-corrected chi connectivity index (χ1v) is 6.11. The van der Waals surface area contributed by atoms with Crippen LogP contribution < -0.4 is 0 Å². The van der Waals surface area contributed by atoms with E-state index < -0.39 is 11.0 Å². The maximum absolute atomic E-state index is 6.36. The Balaban J connectivity index is 3.04. The average molecular weight is 224 g/mol. The van der Waals surface area contributed by atoms with Crippen LogP contribution in [0.1, 0.15) is 40.5 Å². The summed E-state index contributed by atoms with van der Waals surface area (Å²) in [5.41, 5.74) is -1.11. The molecule has 1 fully saturated rings. The average Bonchev–Trinajstić information content (AvgIpc) is 2.25. The molecule has 16 heavy (non-hydrogen) atoms. The zero-order valence-electron chi connectivity index (χ0n) is 11.1. The molecule has 2 heteroatoms. The molecule has 1 rings (SSSR count). The third-order valence-corrected chi connectivity index (χ3v) is 4.15. The topological polar surface area (TPSA) is 18.5 Å². The quantitative estimate of drug-likeness (QED) is 0.733. The number of hydrogen-bond donors (Lipinski definition) is 0. The molecule has 0 aromatic heterocycles. The molecule has 0 aliphatic carbocycles. The van der Waals surface area contributed by atoms with E-state index in [9.17, 15) is 0 Å². The van der Waals surface area contributed by atoms with E-state index in [-0.39, 0.29) is 18.1 Å². The maximum Gasteiger partial charge on any atom is 0.0982 e. The van der Waals surface area contributed by atoms with Crippen molar-refractivity contribution in [2.75, 3.05) is 7.11 Å². The fourth-order valence-electron chi connectivity index (χ4n) is 2.71. The van der Waals surface area contributed by atoms with E-state index in [4.69, 9.17) is 23.3 Å². The van der Waals surface area contributed by atoms with E-state index in [1.165, 1.54) is 0 Å². The fourth-order valence-corrected chi connectivity index (χ4v) is 2.71. The van der Waals surface area contributed by atoms with E-state index in [0.717, 1.165) is 12.8 Å². The monoisotopic (exact) mass is 224 g/mol. The van der Waals surface area contributed by atoms with Crippen LogP contribution in [0.25, 0.3) is 0 Å². The van der Waals surface area contributed by atoms with Crippen LogP contribution in [0.5, 0.6) is 0 Å². The predicted molar refractivity (Wildman–Crippen MR) is 64.9 cm³/mol. The molecule has 0 amide bonds. The van der Waals surface area contributed by atoms with Crippen molar-refractivity contribution in [3.63, 3.8) is 0 Å². The van der Waals surface area contributed by atoms with Crippen molar-refractivity contribution in [3.05, 3.63) is 13.8 Å². The van der Waals surface area contributed by atoms with Gasteiger partial charge in [-0.3, -0.25) is 0 Å². The summed E-state index contributed by atoms with van der Waals surface area (Å²) in [4.78, 5) is 0. The van der Waals surface area contributed by atoms with Crippen LogP contribution >= 0.6 is 0 Å². The second kappa shape index (κ2) is 4.66. The molecule has 5 atom stereocenters. The molecule has 0 N–H and O–H groups in total. The van der Waals surface area contributed by atoms with Gasteiger partial charge in [0, 0.05) is 19.4 Å². The lowest BCUT2D eigenvalue weighted by Crippen LogP contribution is -2.61. The van der Waals surface area contributed by atoms with Crippen molar-refractivity contribution in [1.82, 2.24) is 0 Å². The third-order valence-electron chi connectivity index (χ3n) is 4.15. The first kappa shape index (κ1) is 14.0. The van der Waals surface area contributed by atoms with Gasteiger partial charge < -0.3 is 9.47 Å². The summed E-state index contributed by atoms with van der Waals surface area (Å²) in [5, 5.41) is 0. The van der Waals surface area contributed by atoms with Crippen LogP contribution in [0.15, 0.2) is 0 Å². The molecule has 0 aromatic carbocycles. The summed E-state index contributed by atoms with van der Waals surface area (Å²) in [5.74, 6) is 0.168. The van der Waals surface area contributed by atoms with Gasteiger partial charge in [0.1, 0.15) is 0 Å². The van der Waals surface area contributed by atoms with E-state index in [2.05, 4.69) is 13.8 Å².